The number of carboxylic acids is 1. The fraction of sp³-hybridized carbons (Fsp3) is 0.130. The number of aromatic hydroxyl groups is 4. The zero-order valence-corrected chi connectivity index (χ0v) is 16.9. The lowest BCUT2D eigenvalue weighted by molar-refractivity contribution is -0.137. The highest BCUT2D eigenvalue weighted by atomic mass is 16.5. The number of phenolic OH excluding ortho intramolecular Hbond substituents is 4. The van der Waals surface area contributed by atoms with Crippen molar-refractivity contribution < 1.29 is 39.9 Å². The Balaban J connectivity index is 0.000000327. The van der Waals surface area contributed by atoms with Crippen LogP contribution >= 0.6 is 0 Å². The van der Waals surface area contributed by atoms with Gasteiger partial charge in [0.25, 0.3) is 0 Å². The molecule has 0 atom stereocenters. The van der Waals surface area contributed by atoms with Crippen LogP contribution in [-0.2, 0) is 14.3 Å². The standard InChI is InChI=1S/C14H16O4.C9H8O4/c1-10(2)7-8-18-14(17)6-4-11-3-5-12(15)13(16)9-11;10-7-3-1-6(5-8(7)11)2-4-9(12)13/h3-6,9,15-16H,1,7-8H2,2H3;1-5,10-11H,(H,12,13). The minimum Gasteiger partial charge on any atom is -0.504 e. The van der Waals surface area contributed by atoms with Crippen molar-refractivity contribution in [1.82, 2.24) is 0 Å². The minimum atomic E-state index is -1.06. The first kappa shape index (κ1) is 24.8. The fourth-order valence-corrected chi connectivity index (χ4v) is 1.99. The highest BCUT2D eigenvalue weighted by Crippen LogP contribution is 2.26. The number of hydrogen-bond acceptors (Lipinski definition) is 7. The van der Waals surface area contributed by atoms with Crippen LogP contribution in [0.25, 0.3) is 12.2 Å². The summed E-state index contributed by atoms with van der Waals surface area (Å²) in [6.45, 7) is 5.87. The largest absolute Gasteiger partial charge is 0.504 e. The fourth-order valence-electron chi connectivity index (χ4n) is 1.99. The number of carboxylic acid groups (broad SMARTS) is 1. The van der Waals surface area contributed by atoms with Crippen LogP contribution in [-0.4, -0.2) is 44.1 Å². The number of benzene rings is 2. The van der Waals surface area contributed by atoms with Crippen LogP contribution in [0.2, 0.25) is 0 Å². The van der Waals surface area contributed by atoms with Crippen molar-refractivity contribution in [3.8, 4) is 23.0 Å². The van der Waals surface area contributed by atoms with Gasteiger partial charge in [0.15, 0.2) is 23.0 Å². The Bertz CT molecular complexity index is 989. The molecule has 8 nitrogen and oxygen atoms in total. The van der Waals surface area contributed by atoms with Gasteiger partial charge in [0, 0.05) is 18.6 Å². The molecule has 0 unspecified atom stereocenters. The van der Waals surface area contributed by atoms with E-state index in [1.54, 1.807) is 6.07 Å². The van der Waals surface area contributed by atoms with Crippen molar-refractivity contribution in [3.63, 3.8) is 0 Å². The third-order valence-corrected chi connectivity index (χ3v) is 3.60. The van der Waals surface area contributed by atoms with E-state index in [-0.39, 0.29) is 23.0 Å². The molecule has 0 aromatic heterocycles. The Kier molecular flexibility index (Phi) is 9.92. The molecule has 0 saturated heterocycles. The van der Waals surface area contributed by atoms with Gasteiger partial charge in [-0.25, -0.2) is 9.59 Å². The van der Waals surface area contributed by atoms with Gasteiger partial charge in [-0.2, -0.15) is 0 Å². The summed E-state index contributed by atoms with van der Waals surface area (Å²) in [6, 6.07) is 8.33. The Morgan fingerprint density at radius 1 is 0.871 bits per heavy atom. The van der Waals surface area contributed by atoms with Gasteiger partial charge in [0.05, 0.1) is 6.61 Å². The second kappa shape index (κ2) is 12.4. The molecular weight excluding hydrogens is 404 g/mol. The Morgan fingerprint density at radius 3 is 1.77 bits per heavy atom. The number of hydrogen-bond donors (Lipinski definition) is 5. The van der Waals surface area contributed by atoms with E-state index in [1.807, 2.05) is 6.92 Å². The highest BCUT2D eigenvalue weighted by molar-refractivity contribution is 5.87. The molecule has 0 spiro atoms. The molecule has 0 amide bonds. The quantitative estimate of drug-likeness (QED) is 0.194. The van der Waals surface area contributed by atoms with Gasteiger partial charge in [-0.3, -0.25) is 0 Å². The molecule has 0 heterocycles. The molecule has 5 N–H and O–H groups in total. The molecule has 2 aromatic rings. The van der Waals surface area contributed by atoms with Gasteiger partial charge in [-0.15, -0.1) is 6.58 Å². The second-order valence-electron chi connectivity index (χ2n) is 6.38. The lowest BCUT2D eigenvalue weighted by Crippen LogP contribution is -2.02. The zero-order valence-electron chi connectivity index (χ0n) is 16.9. The molecule has 2 rings (SSSR count). The molecule has 0 fully saturated rings. The summed E-state index contributed by atoms with van der Waals surface area (Å²) >= 11 is 0. The summed E-state index contributed by atoms with van der Waals surface area (Å²) in [5.74, 6) is -2.44. The average Bonchev–Trinajstić information content (AvgIpc) is 2.70. The van der Waals surface area contributed by atoms with E-state index < -0.39 is 11.9 Å². The molecular formula is C23H24O8. The number of aliphatic carboxylic acids is 1. The normalized spacial score (nSPS) is 10.5. The first-order valence-corrected chi connectivity index (χ1v) is 9.02. The lowest BCUT2D eigenvalue weighted by Gasteiger charge is -2.01. The average molecular weight is 428 g/mol. The molecule has 164 valence electrons. The van der Waals surface area contributed by atoms with Gasteiger partial charge in [0.2, 0.25) is 0 Å². The van der Waals surface area contributed by atoms with Gasteiger partial charge in [-0.05, 0) is 54.5 Å². The number of phenols is 4. The van der Waals surface area contributed by atoms with Gasteiger partial charge >= 0.3 is 11.9 Å². The van der Waals surface area contributed by atoms with Crippen LogP contribution in [0.1, 0.15) is 24.5 Å². The van der Waals surface area contributed by atoms with Crippen molar-refractivity contribution in [3.05, 3.63) is 71.8 Å². The first-order valence-electron chi connectivity index (χ1n) is 9.02. The summed E-state index contributed by atoms with van der Waals surface area (Å²) in [7, 11) is 0. The number of carbonyl (C=O) groups is 2. The molecule has 8 heteroatoms. The van der Waals surface area contributed by atoms with Crippen LogP contribution in [0.3, 0.4) is 0 Å². The van der Waals surface area contributed by atoms with Crippen LogP contribution in [0.5, 0.6) is 23.0 Å². The molecule has 2 aromatic carbocycles. The van der Waals surface area contributed by atoms with Crippen molar-refractivity contribution in [1.29, 1.82) is 0 Å². The first-order chi connectivity index (χ1) is 14.6. The van der Waals surface area contributed by atoms with Crippen molar-refractivity contribution in [2.24, 2.45) is 0 Å². The van der Waals surface area contributed by atoms with Crippen LogP contribution in [0.15, 0.2) is 60.7 Å². The van der Waals surface area contributed by atoms with Gasteiger partial charge < -0.3 is 30.3 Å². The van der Waals surface area contributed by atoms with Crippen LogP contribution < -0.4 is 0 Å². The topological polar surface area (TPSA) is 145 Å². The van der Waals surface area contributed by atoms with Gasteiger partial charge in [-0.1, -0.05) is 17.7 Å². The van der Waals surface area contributed by atoms with E-state index in [9.17, 15) is 14.7 Å². The monoisotopic (exact) mass is 428 g/mol. The maximum Gasteiger partial charge on any atom is 0.330 e. The predicted molar refractivity (Wildman–Crippen MR) is 116 cm³/mol. The summed E-state index contributed by atoms with van der Waals surface area (Å²) in [4.78, 5) is 21.4. The second-order valence-corrected chi connectivity index (χ2v) is 6.38. The smallest absolute Gasteiger partial charge is 0.330 e. The summed E-state index contributed by atoms with van der Waals surface area (Å²) in [6.07, 6.45) is 5.68. The molecule has 0 radical (unpaired) electrons. The number of ether oxygens (including phenoxy) is 1. The summed E-state index contributed by atoms with van der Waals surface area (Å²) < 4.78 is 4.93. The SMILES string of the molecule is C=C(C)CCOC(=O)C=Cc1ccc(O)c(O)c1.O=C(O)C=Cc1ccc(O)c(O)c1. The van der Waals surface area contributed by atoms with E-state index in [0.29, 0.717) is 24.2 Å². The number of rotatable bonds is 7. The van der Waals surface area contributed by atoms with E-state index >= 15 is 0 Å². The van der Waals surface area contributed by atoms with Gasteiger partial charge in [0.1, 0.15) is 0 Å². The minimum absolute atomic E-state index is 0.198. The molecule has 0 saturated carbocycles. The summed E-state index contributed by atoms with van der Waals surface area (Å²) in [5.41, 5.74) is 2.06. The number of esters is 1. The van der Waals surface area contributed by atoms with Crippen LogP contribution in [0, 0.1) is 0 Å². The highest BCUT2D eigenvalue weighted by Gasteiger charge is 2.00. The van der Waals surface area contributed by atoms with Crippen molar-refractivity contribution in [2.45, 2.75) is 13.3 Å². The Morgan fingerprint density at radius 2 is 1.35 bits per heavy atom. The Hall–Kier alpha value is -4.20. The van der Waals surface area contributed by atoms with Crippen molar-refractivity contribution >= 4 is 24.1 Å². The van der Waals surface area contributed by atoms with E-state index in [1.165, 1.54) is 48.6 Å². The van der Waals surface area contributed by atoms with Crippen molar-refractivity contribution in [2.75, 3.05) is 6.61 Å². The molecule has 0 aliphatic rings. The van der Waals surface area contributed by atoms with E-state index in [4.69, 9.17) is 25.2 Å². The Labute approximate surface area is 179 Å². The lowest BCUT2D eigenvalue weighted by atomic mass is 10.2. The maximum atomic E-state index is 11.3. The third-order valence-electron chi connectivity index (χ3n) is 3.60. The van der Waals surface area contributed by atoms with Crippen LogP contribution in [0.4, 0.5) is 0 Å². The molecule has 0 aliphatic carbocycles. The summed E-state index contributed by atoms with van der Waals surface area (Å²) in [5, 5.41) is 44.6. The maximum absolute atomic E-state index is 11.3. The molecule has 0 aliphatic heterocycles. The zero-order chi connectivity index (χ0) is 23.4. The molecule has 31 heavy (non-hydrogen) atoms. The molecule has 0 bridgehead atoms. The number of carbonyl (C=O) groups excluding carboxylic acids is 1. The third kappa shape index (κ3) is 10.2. The van der Waals surface area contributed by atoms with E-state index in [0.717, 1.165) is 11.6 Å². The van der Waals surface area contributed by atoms with E-state index in [2.05, 4.69) is 6.58 Å². The predicted octanol–water partition coefficient (Wildman–Crippen LogP) is 3.82.